The van der Waals surface area contributed by atoms with Gasteiger partial charge < -0.3 is 20.8 Å². The molecule has 0 unspecified atom stereocenters. The van der Waals surface area contributed by atoms with Gasteiger partial charge in [0.2, 0.25) is 27.6 Å². The van der Waals surface area contributed by atoms with Crippen LogP contribution in [0.3, 0.4) is 0 Å². The molecule has 0 saturated heterocycles. The average Bonchev–Trinajstić information content (AvgIpc) is 4.45. The largest absolute Gasteiger partial charge is 0.692 e. The maximum absolute atomic E-state index is 12.5. The molecule has 4 heterocycles. The fourth-order valence-corrected chi connectivity index (χ4v) is 8.89. The summed E-state index contributed by atoms with van der Waals surface area (Å²) < 4.78 is 0. The van der Waals surface area contributed by atoms with Gasteiger partial charge in [0.15, 0.2) is 0 Å². The smallest absolute Gasteiger partial charge is 0.274 e. The van der Waals surface area contributed by atoms with Crippen molar-refractivity contribution in [1.82, 2.24) is 39.6 Å². The predicted molar refractivity (Wildman–Crippen MR) is 302 cm³/mol. The van der Waals surface area contributed by atoms with Crippen LogP contribution in [-0.4, -0.2) is 59.3 Å². The number of nitrogens with zero attached hydrogens (tertiary/aromatic N) is 16. The first kappa shape index (κ1) is 53.1. The van der Waals surface area contributed by atoms with Gasteiger partial charge in [0, 0.05) is 53.9 Å². The van der Waals surface area contributed by atoms with Gasteiger partial charge in [-0.15, -0.1) is 19.4 Å². The Labute approximate surface area is 468 Å². The Hall–Kier alpha value is -12.9. The van der Waals surface area contributed by atoms with Crippen LogP contribution in [0.5, 0.6) is 0 Å². The first-order valence-corrected chi connectivity index (χ1v) is 24.8. The highest BCUT2D eigenvalue weighted by Crippen LogP contribution is 2.25. The quantitative estimate of drug-likeness (QED) is 0.0594. The molecule has 28 nitrogen and oxygen atoms in total. The van der Waals surface area contributed by atoms with Crippen LogP contribution in [0.2, 0.25) is 0 Å². The number of nitro benzene ring substituents is 4. The number of hydrogen-bond donors (Lipinski definition) is 0. The topological polar surface area (TPSA) is 352 Å². The molecule has 0 N–H and O–H groups in total. The van der Waals surface area contributed by atoms with Gasteiger partial charge in [-0.2, -0.15) is 0 Å². The molecule has 0 amide bonds. The fraction of sp³-hybridized carbons (Fsp3) is 0. The lowest BCUT2D eigenvalue weighted by Crippen LogP contribution is -2.37. The van der Waals surface area contributed by atoms with E-state index in [1.807, 2.05) is 78.9 Å². The molecule has 0 spiro atoms. The second kappa shape index (κ2) is 22.1. The number of hydrogen-bond acceptors (Lipinski definition) is 16. The third-order valence-electron chi connectivity index (χ3n) is 12.9. The molecule has 4 aromatic heterocycles. The molecule has 0 radical (unpaired) electrons. The molecule has 0 fully saturated rings. The SMILES string of the molecule is O=[N+]([O-])c1ccc2nn(-c3ccc4ccccc4c3)[n+]([O-])c2c1.O=[N+]([O-])c1ccc2nn(-c3cccc4ccccc34)[n+]([O-])c2c1.O=[N+]([O-])c1ccc2nn(-c3ccccc3)[n+]([O-])c2c1.O=[N+]([O-])c1cccc(-n2nc3ccccc3[n+]2[O-])c1. The summed E-state index contributed by atoms with van der Waals surface area (Å²) in [5.74, 6) is 0. The highest BCUT2D eigenvalue weighted by atomic mass is 16.6. The Kier molecular flexibility index (Phi) is 14.0. The molecule has 0 aliphatic heterocycles. The van der Waals surface area contributed by atoms with Crippen LogP contribution >= 0.6 is 0 Å². The van der Waals surface area contributed by atoms with E-state index in [0.29, 0.717) is 69.7 Å². The molecule has 0 aliphatic carbocycles. The Morgan fingerprint density at radius 2 is 0.690 bits per heavy atom. The van der Waals surface area contributed by atoms with Gasteiger partial charge in [-0.05, 0) is 83.9 Å². The summed E-state index contributed by atoms with van der Waals surface area (Å²) in [6, 6.07) is 60.1. The van der Waals surface area contributed by atoms with Crippen molar-refractivity contribution < 1.29 is 39.1 Å². The van der Waals surface area contributed by atoms with Gasteiger partial charge in [-0.3, -0.25) is 40.5 Å². The third kappa shape index (κ3) is 10.3. The molecule has 412 valence electrons. The van der Waals surface area contributed by atoms with E-state index in [2.05, 4.69) is 20.4 Å². The van der Waals surface area contributed by atoms with Gasteiger partial charge in [0.25, 0.3) is 39.3 Å². The highest BCUT2D eigenvalue weighted by Gasteiger charge is 2.24. The molecule has 84 heavy (non-hydrogen) atoms. The van der Waals surface area contributed by atoms with Crippen molar-refractivity contribution in [2.75, 3.05) is 0 Å². The Morgan fingerprint density at radius 1 is 0.298 bits per heavy atom. The van der Waals surface area contributed by atoms with E-state index >= 15 is 0 Å². The lowest BCUT2D eigenvalue weighted by atomic mass is 10.1. The van der Waals surface area contributed by atoms with Crippen LogP contribution in [0.25, 0.3) is 88.4 Å². The van der Waals surface area contributed by atoms with E-state index < -0.39 is 19.7 Å². The van der Waals surface area contributed by atoms with Gasteiger partial charge in [0.1, 0.15) is 22.7 Å². The summed E-state index contributed by atoms with van der Waals surface area (Å²) in [5.41, 5.74) is 4.30. The van der Waals surface area contributed by atoms with E-state index in [1.54, 1.807) is 66.7 Å². The number of rotatable bonds is 8. The molecule has 14 rings (SSSR count). The zero-order chi connectivity index (χ0) is 58.8. The van der Waals surface area contributed by atoms with Crippen molar-refractivity contribution in [2.24, 2.45) is 0 Å². The lowest BCUT2D eigenvalue weighted by Gasteiger charge is -2.06. The number of fused-ring (bicyclic) bond motifs is 6. The van der Waals surface area contributed by atoms with Crippen LogP contribution in [0.15, 0.2) is 218 Å². The molecular weight excluding hydrogens is 1090 g/mol. The van der Waals surface area contributed by atoms with Crippen molar-refractivity contribution in [1.29, 1.82) is 0 Å². The van der Waals surface area contributed by atoms with Gasteiger partial charge in [-0.25, -0.2) is 0 Å². The minimum absolute atomic E-state index is 0.0861. The Balaban J connectivity index is 0.000000117. The summed E-state index contributed by atoms with van der Waals surface area (Å²) in [7, 11) is 0. The summed E-state index contributed by atoms with van der Waals surface area (Å²) in [6.45, 7) is 0. The maximum Gasteiger partial charge on any atom is 0.274 e. The molecule has 0 atom stereocenters. The predicted octanol–water partition coefficient (Wildman–Crippen LogP) is 8.57. The van der Waals surface area contributed by atoms with Crippen LogP contribution in [0.1, 0.15) is 0 Å². The van der Waals surface area contributed by atoms with Crippen molar-refractivity contribution >= 4 is 88.4 Å². The zero-order valence-electron chi connectivity index (χ0n) is 42.8. The van der Waals surface area contributed by atoms with E-state index in [9.17, 15) is 61.3 Å². The van der Waals surface area contributed by atoms with Crippen LogP contribution in [-0.2, 0) is 0 Å². The minimum atomic E-state index is -0.542. The molecule has 14 aromatic rings. The van der Waals surface area contributed by atoms with E-state index in [-0.39, 0.29) is 39.3 Å². The van der Waals surface area contributed by atoms with Gasteiger partial charge in [0.05, 0.1) is 58.3 Å². The minimum Gasteiger partial charge on any atom is -0.692 e. The summed E-state index contributed by atoms with van der Waals surface area (Å²) in [6.07, 6.45) is 0. The molecular formula is C56H36N16O12. The number of aromatic nitrogens is 12. The van der Waals surface area contributed by atoms with Crippen LogP contribution in [0, 0.1) is 61.3 Å². The second-order valence-electron chi connectivity index (χ2n) is 18.1. The van der Waals surface area contributed by atoms with Crippen molar-refractivity contribution in [3.05, 3.63) is 280 Å². The highest BCUT2D eigenvalue weighted by molar-refractivity contribution is 5.90. The summed E-state index contributed by atoms with van der Waals surface area (Å²) >= 11 is 0. The second-order valence-corrected chi connectivity index (χ2v) is 18.1. The van der Waals surface area contributed by atoms with E-state index in [4.69, 9.17) is 0 Å². The first-order chi connectivity index (χ1) is 40.6. The number of nitro groups is 4. The lowest BCUT2D eigenvalue weighted by molar-refractivity contribution is -0.664. The van der Waals surface area contributed by atoms with Gasteiger partial charge >= 0.3 is 0 Å². The molecule has 10 aromatic carbocycles. The number of benzene rings is 10. The molecule has 0 bridgehead atoms. The van der Waals surface area contributed by atoms with E-state index in [0.717, 1.165) is 31.1 Å². The van der Waals surface area contributed by atoms with Crippen molar-refractivity contribution in [2.45, 2.75) is 0 Å². The first-order valence-electron chi connectivity index (χ1n) is 24.8. The maximum atomic E-state index is 12.5. The number of para-hydroxylation sites is 2. The van der Waals surface area contributed by atoms with Crippen molar-refractivity contribution in [3.8, 4) is 22.7 Å². The molecule has 0 saturated carbocycles. The number of non-ortho nitro benzene ring substituents is 4. The third-order valence-corrected chi connectivity index (χ3v) is 12.9. The Bertz CT molecular complexity index is 4900. The van der Waals surface area contributed by atoms with Crippen LogP contribution < -0.4 is 19.4 Å². The van der Waals surface area contributed by atoms with Gasteiger partial charge in [-0.1, -0.05) is 103 Å². The van der Waals surface area contributed by atoms with Crippen LogP contribution in [0.4, 0.5) is 22.7 Å². The average molecular weight is 1130 g/mol. The zero-order valence-corrected chi connectivity index (χ0v) is 42.8. The summed E-state index contributed by atoms with van der Waals surface area (Å²) in [5, 5.41) is 113. The Morgan fingerprint density at radius 3 is 1.25 bits per heavy atom. The monoisotopic (exact) mass is 1120 g/mol. The van der Waals surface area contributed by atoms with E-state index in [1.165, 1.54) is 82.4 Å². The fourth-order valence-electron chi connectivity index (χ4n) is 8.89. The molecule has 0 aliphatic rings. The normalized spacial score (nSPS) is 11.0. The molecule has 28 heteroatoms. The summed E-state index contributed by atoms with van der Waals surface area (Å²) in [4.78, 5) is 48.0. The van der Waals surface area contributed by atoms with Crippen molar-refractivity contribution in [3.63, 3.8) is 0 Å². The standard InChI is InChI=1S/2C16H10N4O3.2C12H8N4O3/c21-19-16-10-12(20(22)23)8-9-14(16)17-18(19)15-7-3-5-11-4-1-2-6-13(11)15;21-19-16-10-14(20(22)23)7-8-15(16)17-18(19)13-6-5-11-3-1-2-4-12(11)9-13;17-15-12-7-2-1-6-11(12)13-14(15)9-4-3-5-10(8-9)16(18)19;17-15-12-8-10(16(18)19)6-7-11(12)13-14(15)9-4-2-1-3-5-9/h2*1-10H;2*1-8H.